The Morgan fingerprint density at radius 1 is 1.00 bits per heavy atom. The first kappa shape index (κ1) is 21.9. The van der Waals surface area contributed by atoms with E-state index in [-0.39, 0.29) is 5.02 Å². The predicted octanol–water partition coefficient (Wildman–Crippen LogP) is 6.50. The lowest BCUT2D eigenvalue weighted by molar-refractivity contribution is 0.600. The number of nitrogens with one attached hydrogen (secondary N) is 2. The van der Waals surface area contributed by atoms with Crippen LogP contribution in [0.4, 0.5) is 14.6 Å². The van der Waals surface area contributed by atoms with E-state index in [0.29, 0.717) is 44.8 Å². The Labute approximate surface area is 199 Å². The first-order valence-electron chi connectivity index (χ1n) is 10.5. The molecule has 0 amide bonds. The Balaban J connectivity index is 1.77. The molecule has 0 fully saturated rings. The molecular weight excluding hydrogens is 458 g/mol. The normalized spacial score (nSPS) is 12.1. The minimum absolute atomic E-state index is 0.00462. The van der Waals surface area contributed by atoms with Crippen molar-refractivity contribution in [1.29, 1.82) is 0 Å². The highest BCUT2D eigenvalue weighted by atomic mass is 35.5. The van der Waals surface area contributed by atoms with Crippen molar-refractivity contribution >= 4 is 28.6 Å². The Kier molecular flexibility index (Phi) is 5.67. The van der Waals surface area contributed by atoms with Crippen LogP contribution in [0.3, 0.4) is 0 Å². The lowest BCUT2D eigenvalue weighted by Gasteiger charge is -2.25. The van der Waals surface area contributed by atoms with Crippen LogP contribution in [-0.2, 0) is 0 Å². The van der Waals surface area contributed by atoms with Gasteiger partial charge < -0.3 is 10.3 Å². The number of anilines is 1. The molecule has 34 heavy (non-hydrogen) atoms. The highest BCUT2D eigenvalue weighted by Crippen LogP contribution is 2.45. The molecule has 0 aliphatic carbocycles. The number of H-pyrrole nitrogens is 1. The molecular formula is C25H19ClF2N6. The summed E-state index contributed by atoms with van der Waals surface area (Å²) in [5.41, 5.74) is 4.49. The maximum Gasteiger partial charge on any atom is 0.182 e. The second kappa shape index (κ2) is 8.79. The van der Waals surface area contributed by atoms with Crippen LogP contribution < -0.4 is 5.32 Å². The lowest BCUT2D eigenvalue weighted by atomic mass is 9.85. The molecule has 1 atom stereocenters. The minimum Gasteiger partial charge on any atom is -0.362 e. The summed E-state index contributed by atoms with van der Waals surface area (Å²) >= 11 is 6.52. The van der Waals surface area contributed by atoms with Gasteiger partial charge in [-0.3, -0.25) is 4.98 Å². The van der Waals surface area contributed by atoms with Gasteiger partial charge in [-0.15, -0.1) is 0 Å². The fourth-order valence-electron chi connectivity index (χ4n) is 4.21. The van der Waals surface area contributed by atoms with Crippen LogP contribution in [0.2, 0.25) is 5.02 Å². The Bertz CT molecular complexity index is 1500. The van der Waals surface area contributed by atoms with Crippen molar-refractivity contribution in [3.63, 3.8) is 0 Å². The molecule has 5 aromatic rings. The van der Waals surface area contributed by atoms with Crippen molar-refractivity contribution in [2.45, 2.75) is 19.9 Å². The second-order valence-electron chi connectivity index (χ2n) is 7.85. The molecule has 6 nitrogen and oxygen atoms in total. The van der Waals surface area contributed by atoms with Gasteiger partial charge in [0.2, 0.25) is 0 Å². The summed E-state index contributed by atoms with van der Waals surface area (Å²) in [7, 11) is 0. The number of aromatic nitrogens is 5. The van der Waals surface area contributed by atoms with Crippen LogP contribution in [0.25, 0.3) is 33.4 Å². The zero-order valence-corrected chi connectivity index (χ0v) is 19.0. The molecule has 1 unspecified atom stereocenters. The highest BCUT2D eigenvalue weighted by molar-refractivity contribution is 6.32. The van der Waals surface area contributed by atoms with Crippen molar-refractivity contribution in [3.05, 3.63) is 89.2 Å². The van der Waals surface area contributed by atoms with E-state index in [1.54, 1.807) is 38.4 Å². The number of aromatic amines is 1. The van der Waals surface area contributed by atoms with Gasteiger partial charge in [0.15, 0.2) is 11.5 Å². The third-order valence-electron chi connectivity index (χ3n) is 5.74. The van der Waals surface area contributed by atoms with Crippen molar-refractivity contribution in [2.75, 3.05) is 5.32 Å². The standard InChI is InChI=1S/C25H19ClF2N6/c1-13-18(15-6-8-29-9-7-15)20(16-4-3-5-17(27)10-16)19(22(28)21(13)26)14(2)34-25-23-24(31-11-30-23)32-12-33-25/h3-12,14H,1-2H3,(H2,30,31,32,33,34). The van der Waals surface area contributed by atoms with E-state index in [4.69, 9.17) is 11.6 Å². The fourth-order valence-corrected chi connectivity index (χ4v) is 4.40. The highest BCUT2D eigenvalue weighted by Gasteiger charge is 2.27. The molecule has 3 heterocycles. The molecule has 0 aliphatic heterocycles. The Morgan fingerprint density at radius 3 is 2.56 bits per heavy atom. The average molecular weight is 477 g/mol. The molecule has 0 aliphatic rings. The summed E-state index contributed by atoms with van der Waals surface area (Å²) < 4.78 is 30.2. The van der Waals surface area contributed by atoms with Gasteiger partial charge >= 0.3 is 0 Å². The van der Waals surface area contributed by atoms with Crippen LogP contribution in [0.15, 0.2) is 61.4 Å². The van der Waals surface area contributed by atoms with Gasteiger partial charge in [0, 0.05) is 18.0 Å². The van der Waals surface area contributed by atoms with E-state index in [9.17, 15) is 4.39 Å². The quantitative estimate of drug-likeness (QED) is 0.303. The number of rotatable bonds is 5. The maximum absolute atomic E-state index is 15.9. The van der Waals surface area contributed by atoms with Crippen LogP contribution in [0.1, 0.15) is 24.1 Å². The first-order valence-corrected chi connectivity index (χ1v) is 10.9. The first-order chi connectivity index (χ1) is 16.5. The van der Waals surface area contributed by atoms with Gasteiger partial charge in [-0.1, -0.05) is 23.7 Å². The van der Waals surface area contributed by atoms with Crippen LogP contribution >= 0.6 is 11.6 Å². The molecule has 3 aromatic heterocycles. The summed E-state index contributed by atoms with van der Waals surface area (Å²) in [5, 5.41) is 3.26. The fraction of sp³-hybridized carbons (Fsp3) is 0.120. The number of hydrogen-bond acceptors (Lipinski definition) is 5. The topological polar surface area (TPSA) is 79.4 Å². The van der Waals surface area contributed by atoms with Crippen molar-refractivity contribution in [2.24, 2.45) is 0 Å². The number of benzene rings is 2. The van der Waals surface area contributed by atoms with Gasteiger partial charge in [0.1, 0.15) is 23.5 Å². The third kappa shape index (κ3) is 3.76. The van der Waals surface area contributed by atoms with E-state index in [1.807, 2.05) is 12.1 Å². The van der Waals surface area contributed by atoms with E-state index < -0.39 is 17.7 Å². The number of halogens is 3. The zero-order chi connectivity index (χ0) is 23.8. The zero-order valence-electron chi connectivity index (χ0n) is 18.3. The largest absolute Gasteiger partial charge is 0.362 e. The van der Waals surface area contributed by atoms with Crippen molar-refractivity contribution < 1.29 is 8.78 Å². The van der Waals surface area contributed by atoms with Gasteiger partial charge in [0.05, 0.1) is 17.4 Å². The van der Waals surface area contributed by atoms with Crippen molar-refractivity contribution in [3.8, 4) is 22.3 Å². The number of nitrogens with zero attached hydrogens (tertiary/aromatic N) is 4. The summed E-state index contributed by atoms with van der Waals surface area (Å²) in [5.74, 6) is -0.541. The molecule has 0 radical (unpaired) electrons. The number of hydrogen-bond donors (Lipinski definition) is 2. The summed E-state index contributed by atoms with van der Waals surface area (Å²) in [6, 6.07) is 9.14. The van der Waals surface area contributed by atoms with E-state index in [2.05, 4.69) is 30.2 Å². The van der Waals surface area contributed by atoms with Crippen LogP contribution in [0, 0.1) is 18.6 Å². The molecule has 0 saturated carbocycles. The van der Waals surface area contributed by atoms with E-state index >= 15 is 4.39 Å². The minimum atomic E-state index is -0.599. The van der Waals surface area contributed by atoms with Gasteiger partial charge in [-0.05, 0) is 65.9 Å². The van der Waals surface area contributed by atoms with E-state index in [0.717, 1.165) is 5.56 Å². The third-order valence-corrected chi connectivity index (χ3v) is 6.19. The SMILES string of the molecule is Cc1c(Cl)c(F)c(C(C)Nc2ncnc3nc[nH]c23)c(-c2cccc(F)c2)c1-c1ccncc1. The average Bonchev–Trinajstić information content (AvgIpc) is 3.33. The van der Waals surface area contributed by atoms with Crippen LogP contribution in [0.5, 0.6) is 0 Å². The molecule has 9 heteroatoms. The molecule has 170 valence electrons. The maximum atomic E-state index is 15.9. The molecule has 2 N–H and O–H groups in total. The van der Waals surface area contributed by atoms with Gasteiger partial charge in [-0.25, -0.2) is 23.7 Å². The van der Waals surface area contributed by atoms with Gasteiger partial charge in [-0.2, -0.15) is 0 Å². The number of imidazole rings is 1. The summed E-state index contributed by atoms with van der Waals surface area (Å²) in [6.07, 6.45) is 6.20. The molecule has 5 rings (SSSR count). The van der Waals surface area contributed by atoms with Crippen LogP contribution in [-0.4, -0.2) is 24.9 Å². The monoisotopic (exact) mass is 476 g/mol. The van der Waals surface area contributed by atoms with E-state index in [1.165, 1.54) is 24.8 Å². The molecule has 0 bridgehead atoms. The second-order valence-corrected chi connectivity index (χ2v) is 8.23. The predicted molar refractivity (Wildman–Crippen MR) is 128 cm³/mol. The molecule has 0 saturated heterocycles. The molecule has 0 spiro atoms. The summed E-state index contributed by atoms with van der Waals surface area (Å²) in [4.78, 5) is 19.6. The Morgan fingerprint density at radius 2 is 1.79 bits per heavy atom. The molecule has 2 aromatic carbocycles. The Hall–Kier alpha value is -3.91. The van der Waals surface area contributed by atoms with Crippen molar-refractivity contribution in [1.82, 2.24) is 24.9 Å². The summed E-state index contributed by atoms with van der Waals surface area (Å²) in [6.45, 7) is 3.55. The lowest BCUT2D eigenvalue weighted by Crippen LogP contribution is -2.14. The smallest absolute Gasteiger partial charge is 0.182 e. The van der Waals surface area contributed by atoms with Gasteiger partial charge in [0.25, 0.3) is 0 Å². The number of fused-ring (bicyclic) bond motifs is 1. The number of pyridine rings is 1.